The molecule has 0 fully saturated rings. The van der Waals surface area contributed by atoms with Crippen LogP contribution in [-0.4, -0.2) is 23.0 Å². The van der Waals surface area contributed by atoms with E-state index in [0.717, 1.165) is 6.42 Å². The molecule has 2 rings (SSSR count). The molecule has 82 valence electrons. The van der Waals surface area contributed by atoms with Crippen molar-refractivity contribution < 1.29 is 5.11 Å². The van der Waals surface area contributed by atoms with E-state index in [2.05, 4.69) is 37.4 Å². The average molecular weight is 223 g/mol. The summed E-state index contributed by atoms with van der Waals surface area (Å²) in [7, 11) is 0. The fourth-order valence-corrected chi connectivity index (χ4v) is 2.95. The predicted octanol–water partition coefficient (Wildman–Crippen LogP) is 2.52. The summed E-state index contributed by atoms with van der Waals surface area (Å²) in [5.41, 5.74) is 2.56. The highest BCUT2D eigenvalue weighted by atomic mass is 32.2. The number of aliphatic hydroxyl groups excluding tert-OH is 1. The predicted molar refractivity (Wildman–Crippen MR) is 65.6 cm³/mol. The van der Waals surface area contributed by atoms with E-state index in [-0.39, 0.29) is 11.9 Å². The second kappa shape index (κ2) is 4.45. The van der Waals surface area contributed by atoms with E-state index in [1.165, 1.54) is 16.1 Å². The first-order chi connectivity index (χ1) is 7.24. The maximum absolute atomic E-state index is 9.25. The molecule has 2 N–H and O–H groups in total. The molecule has 0 spiro atoms. The summed E-state index contributed by atoms with van der Waals surface area (Å²) in [6.45, 7) is 4.51. The van der Waals surface area contributed by atoms with Gasteiger partial charge in [-0.05, 0) is 31.0 Å². The van der Waals surface area contributed by atoms with E-state index >= 15 is 0 Å². The minimum Gasteiger partial charge on any atom is -0.395 e. The second-order valence-electron chi connectivity index (χ2n) is 3.96. The van der Waals surface area contributed by atoms with Crippen LogP contribution in [0.25, 0.3) is 0 Å². The normalized spacial score (nSPS) is 24.5. The molecule has 3 heteroatoms. The largest absolute Gasteiger partial charge is 0.395 e. The van der Waals surface area contributed by atoms with Gasteiger partial charge in [-0.25, -0.2) is 0 Å². The number of anilines is 1. The number of aliphatic hydroxyl groups is 1. The van der Waals surface area contributed by atoms with Crippen molar-refractivity contribution in [3.63, 3.8) is 0 Å². The molecule has 2 atom stereocenters. The molecule has 0 amide bonds. The number of fused-ring (bicyclic) bond motifs is 1. The van der Waals surface area contributed by atoms with Crippen molar-refractivity contribution in [1.82, 2.24) is 0 Å². The molecule has 15 heavy (non-hydrogen) atoms. The molecule has 1 aromatic carbocycles. The molecule has 0 saturated carbocycles. The van der Waals surface area contributed by atoms with E-state index in [9.17, 15) is 5.11 Å². The molecule has 2 unspecified atom stereocenters. The maximum Gasteiger partial charge on any atom is 0.0573 e. The highest BCUT2D eigenvalue weighted by molar-refractivity contribution is 8.00. The van der Waals surface area contributed by atoms with E-state index in [1.807, 2.05) is 0 Å². The van der Waals surface area contributed by atoms with Crippen molar-refractivity contribution in [2.45, 2.75) is 36.5 Å². The average Bonchev–Trinajstić information content (AvgIpc) is 2.27. The molecular weight excluding hydrogens is 206 g/mol. The molecule has 1 heterocycles. The van der Waals surface area contributed by atoms with Gasteiger partial charge in [0.15, 0.2) is 0 Å². The molecule has 1 aliphatic heterocycles. The van der Waals surface area contributed by atoms with Gasteiger partial charge in [-0.3, -0.25) is 0 Å². The molecule has 2 nitrogen and oxygen atoms in total. The molecule has 0 radical (unpaired) electrons. The summed E-state index contributed by atoms with van der Waals surface area (Å²) >= 11 is 1.78. The zero-order chi connectivity index (χ0) is 10.8. The number of benzene rings is 1. The zero-order valence-electron chi connectivity index (χ0n) is 9.16. The zero-order valence-corrected chi connectivity index (χ0v) is 9.97. The quantitative estimate of drug-likeness (QED) is 0.808. The summed E-state index contributed by atoms with van der Waals surface area (Å²) in [6.07, 6.45) is 1.06. The fraction of sp³-hybridized carbons (Fsp3) is 0.500. The third-order valence-corrected chi connectivity index (χ3v) is 4.31. The summed E-state index contributed by atoms with van der Waals surface area (Å²) < 4.78 is 0. The summed E-state index contributed by atoms with van der Waals surface area (Å²) in [6, 6.07) is 6.87. The maximum atomic E-state index is 9.25. The van der Waals surface area contributed by atoms with E-state index in [0.29, 0.717) is 6.04 Å². The first kappa shape index (κ1) is 10.8. The number of aryl methyl sites for hydroxylation is 1. The lowest BCUT2D eigenvalue weighted by Gasteiger charge is -2.30. The third-order valence-electron chi connectivity index (χ3n) is 2.85. The van der Waals surface area contributed by atoms with Crippen LogP contribution in [0.1, 0.15) is 19.4 Å². The van der Waals surface area contributed by atoms with Gasteiger partial charge < -0.3 is 10.4 Å². The van der Waals surface area contributed by atoms with Crippen molar-refractivity contribution in [2.24, 2.45) is 0 Å². The van der Waals surface area contributed by atoms with Gasteiger partial charge in [0.05, 0.1) is 11.9 Å². The number of nitrogens with one attached hydrogen (secondary N) is 1. The lowest BCUT2D eigenvalue weighted by atomic mass is 10.1. The van der Waals surface area contributed by atoms with Gasteiger partial charge in [-0.1, -0.05) is 13.0 Å². The summed E-state index contributed by atoms with van der Waals surface area (Å²) in [4.78, 5) is 1.27. The number of hydrogen-bond donors (Lipinski definition) is 2. The second-order valence-corrected chi connectivity index (χ2v) is 5.24. The third kappa shape index (κ3) is 2.13. The molecule has 0 aromatic heterocycles. The standard InChI is InChI=1S/C12H17NOS/c1-3-9-4-5-10-11(6-9)15-12(7-14)8(2)13-10/h4-6,8,12-14H,3,7H2,1-2H3. The summed E-state index contributed by atoms with van der Waals surface area (Å²) in [5.74, 6) is 0. The molecule has 0 bridgehead atoms. The Hall–Kier alpha value is -0.670. The molecule has 1 aliphatic rings. The van der Waals surface area contributed by atoms with Crippen LogP contribution in [0.4, 0.5) is 5.69 Å². The lowest BCUT2D eigenvalue weighted by Crippen LogP contribution is -2.34. The van der Waals surface area contributed by atoms with E-state index in [1.54, 1.807) is 11.8 Å². The van der Waals surface area contributed by atoms with Crippen LogP contribution in [0.15, 0.2) is 23.1 Å². The monoisotopic (exact) mass is 223 g/mol. The van der Waals surface area contributed by atoms with Gasteiger partial charge in [-0.2, -0.15) is 0 Å². The first-order valence-electron chi connectivity index (χ1n) is 5.41. The Bertz CT molecular complexity index is 353. The van der Waals surface area contributed by atoms with Crippen molar-refractivity contribution in [3.8, 4) is 0 Å². The minimum absolute atomic E-state index is 0.231. The first-order valence-corrected chi connectivity index (χ1v) is 6.29. The lowest BCUT2D eigenvalue weighted by molar-refractivity contribution is 0.287. The van der Waals surface area contributed by atoms with Gasteiger partial charge in [0.25, 0.3) is 0 Å². The van der Waals surface area contributed by atoms with E-state index in [4.69, 9.17) is 0 Å². The Balaban J connectivity index is 2.29. The van der Waals surface area contributed by atoms with Crippen LogP contribution >= 0.6 is 11.8 Å². The van der Waals surface area contributed by atoms with Gasteiger partial charge >= 0.3 is 0 Å². The highest BCUT2D eigenvalue weighted by Crippen LogP contribution is 2.38. The molecular formula is C12H17NOS. The Morgan fingerprint density at radius 3 is 2.93 bits per heavy atom. The summed E-state index contributed by atoms with van der Waals surface area (Å²) in [5, 5.41) is 13.0. The Morgan fingerprint density at radius 1 is 1.47 bits per heavy atom. The van der Waals surface area contributed by atoms with Crippen molar-refractivity contribution in [2.75, 3.05) is 11.9 Å². The van der Waals surface area contributed by atoms with Crippen LogP contribution in [0.5, 0.6) is 0 Å². The van der Waals surface area contributed by atoms with Crippen LogP contribution in [0.2, 0.25) is 0 Å². The van der Waals surface area contributed by atoms with Crippen molar-refractivity contribution in [1.29, 1.82) is 0 Å². The van der Waals surface area contributed by atoms with Crippen LogP contribution in [0.3, 0.4) is 0 Å². The van der Waals surface area contributed by atoms with Crippen LogP contribution < -0.4 is 5.32 Å². The van der Waals surface area contributed by atoms with Crippen molar-refractivity contribution in [3.05, 3.63) is 23.8 Å². The SMILES string of the molecule is CCc1ccc2c(c1)SC(CO)C(C)N2. The van der Waals surface area contributed by atoms with Crippen LogP contribution in [-0.2, 0) is 6.42 Å². The Morgan fingerprint density at radius 2 is 2.27 bits per heavy atom. The molecule has 0 aliphatic carbocycles. The molecule has 1 aromatic rings. The Kier molecular flexibility index (Phi) is 3.22. The number of rotatable bonds is 2. The topological polar surface area (TPSA) is 32.3 Å². The van der Waals surface area contributed by atoms with Gasteiger partial charge in [0, 0.05) is 16.6 Å². The number of thioether (sulfide) groups is 1. The molecule has 0 saturated heterocycles. The van der Waals surface area contributed by atoms with Crippen LogP contribution in [0, 0.1) is 0 Å². The van der Waals surface area contributed by atoms with Crippen molar-refractivity contribution >= 4 is 17.4 Å². The Labute approximate surface area is 95.1 Å². The fourth-order valence-electron chi connectivity index (χ4n) is 1.80. The van der Waals surface area contributed by atoms with Gasteiger partial charge in [-0.15, -0.1) is 11.8 Å². The smallest absolute Gasteiger partial charge is 0.0573 e. The van der Waals surface area contributed by atoms with Gasteiger partial charge in [0.1, 0.15) is 0 Å². The van der Waals surface area contributed by atoms with Gasteiger partial charge in [0.2, 0.25) is 0 Å². The minimum atomic E-state index is 0.231. The highest BCUT2D eigenvalue weighted by Gasteiger charge is 2.24. The van der Waals surface area contributed by atoms with E-state index < -0.39 is 0 Å². The number of hydrogen-bond acceptors (Lipinski definition) is 3.